The van der Waals surface area contributed by atoms with Crippen LogP contribution in [-0.4, -0.2) is 28.0 Å². The van der Waals surface area contributed by atoms with Crippen LogP contribution in [0.3, 0.4) is 0 Å². The third-order valence-electron chi connectivity index (χ3n) is 3.44. The number of halogens is 1. The number of carbonyl (C=O) groups is 1. The molecular formula is C18H15ClN4O2. The van der Waals surface area contributed by atoms with Crippen LogP contribution < -0.4 is 10.1 Å². The zero-order valence-electron chi connectivity index (χ0n) is 13.4. The van der Waals surface area contributed by atoms with Crippen molar-refractivity contribution in [2.24, 2.45) is 0 Å². The van der Waals surface area contributed by atoms with Crippen LogP contribution in [0.1, 0.15) is 21.5 Å². The van der Waals surface area contributed by atoms with Crippen molar-refractivity contribution in [3.8, 4) is 6.01 Å². The van der Waals surface area contributed by atoms with Gasteiger partial charge in [0, 0.05) is 23.6 Å². The van der Waals surface area contributed by atoms with Gasteiger partial charge >= 0.3 is 6.01 Å². The number of rotatable bonds is 5. The highest BCUT2D eigenvalue weighted by Gasteiger charge is 2.09. The van der Waals surface area contributed by atoms with Crippen molar-refractivity contribution in [2.75, 3.05) is 12.4 Å². The van der Waals surface area contributed by atoms with Crippen molar-refractivity contribution in [2.45, 2.75) is 6.42 Å². The molecule has 1 aromatic carbocycles. The number of ether oxygens (including phenoxy) is 1. The first-order valence-corrected chi connectivity index (χ1v) is 7.88. The maximum Gasteiger partial charge on any atom is 0.316 e. The Labute approximate surface area is 149 Å². The monoisotopic (exact) mass is 354 g/mol. The molecule has 126 valence electrons. The Kier molecular flexibility index (Phi) is 5.20. The Morgan fingerprint density at radius 2 is 1.88 bits per heavy atom. The summed E-state index contributed by atoms with van der Waals surface area (Å²) in [4.78, 5) is 24.2. The van der Waals surface area contributed by atoms with Gasteiger partial charge in [-0.15, -0.1) is 0 Å². The van der Waals surface area contributed by atoms with Gasteiger partial charge in [0.25, 0.3) is 5.91 Å². The predicted molar refractivity (Wildman–Crippen MR) is 95.0 cm³/mol. The van der Waals surface area contributed by atoms with E-state index in [2.05, 4.69) is 20.3 Å². The van der Waals surface area contributed by atoms with Gasteiger partial charge in [0.05, 0.1) is 12.7 Å². The molecule has 0 fully saturated rings. The summed E-state index contributed by atoms with van der Waals surface area (Å²) in [5, 5.41) is 3.41. The number of hydrogen-bond donors (Lipinski definition) is 1. The maximum atomic E-state index is 12.1. The van der Waals surface area contributed by atoms with Crippen molar-refractivity contribution in [1.82, 2.24) is 15.0 Å². The second-order valence-electron chi connectivity index (χ2n) is 5.27. The Hall–Kier alpha value is -2.99. The quantitative estimate of drug-likeness (QED) is 0.760. The molecule has 3 rings (SSSR count). The lowest BCUT2D eigenvalue weighted by molar-refractivity contribution is 0.102. The summed E-state index contributed by atoms with van der Waals surface area (Å²) in [5.41, 5.74) is 2.44. The molecule has 25 heavy (non-hydrogen) atoms. The molecule has 0 unspecified atom stereocenters. The van der Waals surface area contributed by atoms with Gasteiger partial charge in [-0.3, -0.25) is 4.79 Å². The summed E-state index contributed by atoms with van der Waals surface area (Å²) in [7, 11) is 1.46. The van der Waals surface area contributed by atoms with E-state index < -0.39 is 0 Å². The summed E-state index contributed by atoms with van der Waals surface area (Å²) >= 11 is 5.99. The number of nitrogens with zero attached hydrogens (tertiary/aromatic N) is 3. The van der Waals surface area contributed by atoms with E-state index in [1.165, 1.54) is 19.5 Å². The van der Waals surface area contributed by atoms with Crippen LogP contribution in [0.25, 0.3) is 0 Å². The molecule has 1 amide bonds. The molecule has 0 radical (unpaired) electrons. The zero-order valence-corrected chi connectivity index (χ0v) is 14.2. The number of amides is 1. The van der Waals surface area contributed by atoms with E-state index >= 15 is 0 Å². The second-order valence-corrected chi connectivity index (χ2v) is 5.71. The first-order valence-electron chi connectivity index (χ1n) is 7.51. The fourth-order valence-corrected chi connectivity index (χ4v) is 2.43. The van der Waals surface area contributed by atoms with Gasteiger partial charge < -0.3 is 10.1 Å². The van der Waals surface area contributed by atoms with E-state index in [0.29, 0.717) is 22.8 Å². The third kappa shape index (κ3) is 4.51. The van der Waals surface area contributed by atoms with Gasteiger partial charge in [-0.2, -0.15) is 0 Å². The van der Waals surface area contributed by atoms with Crippen molar-refractivity contribution < 1.29 is 9.53 Å². The fraction of sp³-hybridized carbons (Fsp3) is 0.111. The van der Waals surface area contributed by atoms with Crippen LogP contribution >= 0.6 is 11.6 Å². The molecule has 0 aliphatic heterocycles. The molecular weight excluding hydrogens is 340 g/mol. The molecule has 6 nitrogen and oxygen atoms in total. The van der Waals surface area contributed by atoms with Crippen molar-refractivity contribution in [1.29, 1.82) is 0 Å². The van der Waals surface area contributed by atoms with E-state index in [9.17, 15) is 4.79 Å². The molecule has 0 saturated heterocycles. The van der Waals surface area contributed by atoms with Crippen LogP contribution in [-0.2, 0) is 6.42 Å². The average molecular weight is 355 g/mol. The Morgan fingerprint density at radius 3 is 2.52 bits per heavy atom. The number of benzene rings is 1. The van der Waals surface area contributed by atoms with E-state index in [4.69, 9.17) is 16.3 Å². The molecule has 2 heterocycles. The lowest BCUT2D eigenvalue weighted by atomic mass is 10.1. The Bertz CT molecular complexity index is 867. The minimum atomic E-state index is -0.335. The van der Waals surface area contributed by atoms with Gasteiger partial charge in [-0.25, -0.2) is 15.0 Å². The first kappa shape index (κ1) is 16.9. The maximum absolute atomic E-state index is 12.1. The zero-order chi connectivity index (χ0) is 17.6. The molecule has 3 aromatic rings. The number of methoxy groups -OCH3 is 1. The van der Waals surface area contributed by atoms with E-state index in [-0.39, 0.29) is 11.9 Å². The number of anilines is 1. The number of aromatic nitrogens is 3. The highest BCUT2D eigenvalue weighted by atomic mass is 35.5. The van der Waals surface area contributed by atoms with Crippen LogP contribution in [0, 0.1) is 0 Å². The predicted octanol–water partition coefficient (Wildman–Crippen LogP) is 3.38. The minimum absolute atomic E-state index is 0.208. The smallest absolute Gasteiger partial charge is 0.316 e. The highest BCUT2D eigenvalue weighted by Crippen LogP contribution is 2.15. The number of hydrogen-bond acceptors (Lipinski definition) is 5. The lowest BCUT2D eigenvalue weighted by Crippen LogP contribution is -2.13. The third-order valence-corrected chi connectivity index (χ3v) is 3.67. The summed E-state index contributed by atoms with van der Waals surface area (Å²) in [6, 6.07) is 11.5. The summed E-state index contributed by atoms with van der Waals surface area (Å²) in [6.45, 7) is 0. The normalized spacial score (nSPS) is 10.3. The van der Waals surface area contributed by atoms with E-state index in [0.717, 1.165) is 11.1 Å². The van der Waals surface area contributed by atoms with Crippen LogP contribution in [0.5, 0.6) is 6.01 Å². The van der Waals surface area contributed by atoms with Gasteiger partial charge in [0.2, 0.25) is 0 Å². The molecule has 2 aromatic heterocycles. The first-order chi connectivity index (χ1) is 12.1. The van der Waals surface area contributed by atoms with Crippen LogP contribution in [0.2, 0.25) is 5.02 Å². The summed E-state index contributed by atoms with van der Waals surface area (Å²) in [5.74, 6) is 0.119. The Morgan fingerprint density at radius 1 is 1.08 bits per heavy atom. The van der Waals surface area contributed by atoms with E-state index in [1.54, 1.807) is 12.3 Å². The molecule has 0 saturated carbocycles. The molecule has 0 spiro atoms. The van der Waals surface area contributed by atoms with Gasteiger partial charge in [-0.05, 0) is 35.7 Å². The second kappa shape index (κ2) is 7.72. The van der Waals surface area contributed by atoms with Crippen molar-refractivity contribution >= 4 is 23.3 Å². The molecule has 0 atom stereocenters. The molecule has 0 bridgehead atoms. The summed E-state index contributed by atoms with van der Waals surface area (Å²) in [6.07, 6.45) is 5.23. The van der Waals surface area contributed by atoms with E-state index in [1.807, 2.05) is 30.3 Å². The molecule has 7 heteroatoms. The van der Waals surface area contributed by atoms with Crippen LogP contribution in [0.15, 0.2) is 55.0 Å². The number of nitrogens with one attached hydrogen (secondary N) is 1. The molecule has 1 N–H and O–H groups in total. The number of pyridine rings is 1. The van der Waals surface area contributed by atoms with Gasteiger partial charge in [-0.1, -0.05) is 29.8 Å². The largest absolute Gasteiger partial charge is 0.467 e. The van der Waals surface area contributed by atoms with Gasteiger partial charge in [0.15, 0.2) is 0 Å². The van der Waals surface area contributed by atoms with Crippen molar-refractivity contribution in [3.05, 3.63) is 76.7 Å². The standard InChI is InChI=1S/C18H15ClN4O2/c1-25-18-21-10-14(11-22-18)17(24)23-16-6-5-13(9-20-16)7-12-3-2-4-15(19)8-12/h2-6,8-11H,7H2,1H3,(H,20,23,24). The lowest BCUT2D eigenvalue weighted by Gasteiger charge is -2.06. The van der Waals surface area contributed by atoms with Crippen LogP contribution in [0.4, 0.5) is 5.82 Å². The fourth-order valence-electron chi connectivity index (χ4n) is 2.21. The minimum Gasteiger partial charge on any atom is -0.467 e. The SMILES string of the molecule is COc1ncc(C(=O)Nc2ccc(Cc3cccc(Cl)c3)cn2)cn1. The average Bonchev–Trinajstić information content (AvgIpc) is 2.63. The van der Waals surface area contributed by atoms with Crippen molar-refractivity contribution in [3.63, 3.8) is 0 Å². The topological polar surface area (TPSA) is 77.0 Å². The number of carbonyl (C=O) groups excluding carboxylic acids is 1. The Balaban J connectivity index is 1.64. The molecule has 0 aliphatic carbocycles. The molecule has 0 aliphatic rings. The highest BCUT2D eigenvalue weighted by molar-refractivity contribution is 6.30. The summed E-state index contributed by atoms with van der Waals surface area (Å²) < 4.78 is 4.86. The van der Waals surface area contributed by atoms with Gasteiger partial charge in [0.1, 0.15) is 5.82 Å².